The van der Waals surface area contributed by atoms with E-state index in [4.69, 9.17) is 0 Å². The van der Waals surface area contributed by atoms with Crippen molar-refractivity contribution in [2.75, 3.05) is 0 Å². The molecule has 2 aliphatic rings. The molecule has 0 N–H and O–H groups in total. The number of hydrogen-bond donors (Lipinski definition) is 0. The molecule has 6 rings (SSSR count). The largest absolute Gasteiger partial charge is 0.179 e. The first-order chi connectivity index (χ1) is 17.3. The maximum atomic E-state index is 3.30. The first kappa shape index (κ1) is 30.9. The van der Waals surface area contributed by atoms with Crippen molar-refractivity contribution in [1.29, 1.82) is 0 Å². The summed E-state index contributed by atoms with van der Waals surface area (Å²) in [5.41, 5.74) is 9.64. The van der Waals surface area contributed by atoms with Gasteiger partial charge in [-0.15, -0.1) is 12.0 Å². The van der Waals surface area contributed by atoms with Gasteiger partial charge in [0.2, 0.25) is 0 Å². The summed E-state index contributed by atoms with van der Waals surface area (Å²) in [4.78, 5) is 0. The van der Waals surface area contributed by atoms with E-state index in [0.717, 1.165) is 12.8 Å². The van der Waals surface area contributed by atoms with Crippen molar-refractivity contribution < 1.29 is 49.0 Å². The van der Waals surface area contributed by atoms with E-state index in [1.807, 2.05) is 6.07 Å². The second-order valence-corrected chi connectivity index (χ2v) is 9.81. The van der Waals surface area contributed by atoms with E-state index in [1.165, 1.54) is 79.2 Å². The van der Waals surface area contributed by atoms with Gasteiger partial charge in [-0.25, -0.2) is 11.6 Å². The van der Waals surface area contributed by atoms with Crippen molar-refractivity contribution in [3.8, 4) is 11.1 Å². The van der Waals surface area contributed by atoms with Crippen LogP contribution in [0.15, 0.2) is 121 Å². The molecule has 4 aromatic rings. The van der Waals surface area contributed by atoms with Crippen LogP contribution in [-0.2, 0) is 30.7 Å². The smallest absolute Gasteiger partial charge is 0.0253 e. The maximum absolute atomic E-state index is 3.30. The van der Waals surface area contributed by atoms with Crippen LogP contribution in [0.25, 0.3) is 11.1 Å². The van der Waals surface area contributed by atoms with E-state index in [9.17, 15) is 0 Å². The molecule has 2 aliphatic carbocycles. The minimum Gasteiger partial charge on any atom is -0.179 e. The normalized spacial score (nSPS) is 11.7. The fourth-order valence-electron chi connectivity index (χ4n) is 4.28. The quantitative estimate of drug-likeness (QED) is 0.278. The van der Waals surface area contributed by atoms with Crippen molar-refractivity contribution >= 4 is 3.21 Å². The summed E-state index contributed by atoms with van der Waals surface area (Å²) in [5.74, 6) is 0. The molecule has 0 heterocycles. The molecule has 0 atom stereocenters. The zero-order valence-electron chi connectivity index (χ0n) is 21.1. The molecule has 0 saturated heterocycles. The summed E-state index contributed by atoms with van der Waals surface area (Å²) in [7, 11) is 0. The average Bonchev–Trinajstić information content (AvgIpc) is 3.58. The molecule has 3 heteroatoms. The predicted molar refractivity (Wildman–Crippen MR) is 145 cm³/mol. The van der Waals surface area contributed by atoms with Crippen LogP contribution in [0.1, 0.15) is 48.4 Å². The molecule has 186 valence electrons. The Kier molecular flexibility index (Phi) is 13.8. The molecule has 0 fully saturated rings. The van der Waals surface area contributed by atoms with E-state index in [1.54, 1.807) is 0 Å². The van der Waals surface area contributed by atoms with Crippen LogP contribution in [0.2, 0.25) is 0 Å². The molecule has 0 aromatic heterocycles. The summed E-state index contributed by atoms with van der Waals surface area (Å²) in [6.07, 6.45) is 12.0. The summed E-state index contributed by atoms with van der Waals surface area (Å²) in [6, 6.07) is 39.2. The molecular weight excluding hydrogens is 571 g/mol. The number of benzene rings is 4. The van der Waals surface area contributed by atoms with Gasteiger partial charge in [0.1, 0.15) is 0 Å². The molecular formula is C34H30Cl2Zr-2. The fraction of sp³-hybridized carbons (Fsp3) is 0.147. The van der Waals surface area contributed by atoms with Crippen LogP contribution in [-0.4, -0.2) is 3.21 Å². The molecule has 0 saturated carbocycles. The summed E-state index contributed by atoms with van der Waals surface area (Å²) >= 11 is 1.46. The standard InChI is InChI=1S/C13H9.C13H10.C8H11.2ClH.Zr/c1-3-7-12-10(5-1)9-11-6-2-4-8-13(11)12;1-3-7-12(8-4-1)11-13-9-5-2-6-10-13;1-2-5-8-6-3-4-7-8;;;/h1-5,7-8H,9H2;1-10H;6-7H,2-3,5H2,1H3;2*1H;/q-1;;-1;;;+2/p-2. The maximum Gasteiger partial charge on any atom is -0.0253 e. The van der Waals surface area contributed by atoms with E-state index in [0.29, 0.717) is 0 Å². The van der Waals surface area contributed by atoms with Gasteiger partial charge < -0.3 is 24.8 Å². The monoisotopic (exact) mass is 598 g/mol. The number of halogens is 2. The van der Waals surface area contributed by atoms with Gasteiger partial charge in [0.15, 0.2) is 0 Å². The summed E-state index contributed by atoms with van der Waals surface area (Å²) in [6.45, 7) is 2.20. The van der Waals surface area contributed by atoms with Crippen LogP contribution in [0.5, 0.6) is 0 Å². The first-order valence-electron chi connectivity index (χ1n) is 12.3. The van der Waals surface area contributed by atoms with Gasteiger partial charge in [-0.3, -0.25) is 6.08 Å². The topological polar surface area (TPSA) is 0 Å². The SMILES string of the molecule is CCCC1=CC[C-]=C1.[Cl-].[Cl-].[Zr+2]=[C](c1ccccc1)c1ccccc1.[c-]1cccc2c1Cc1ccccc1-2. The second kappa shape index (κ2) is 16.5. The molecule has 0 nitrogen and oxygen atoms in total. The second-order valence-electron chi connectivity index (χ2n) is 8.58. The van der Waals surface area contributed by atoms with Crippen LogP contribution in [0.4, 0.5) is 0 Å². The van der Waals surface area contributed by atoms with Gasteiger partial charge >= 0.3 is 99.2 Å². The first-order valence-corrected chi connectivity index (χ1v) is 13.5. The molecule has 0 unspecified atom stereocenters. The summed E-state index contributed by atoms with van der Waals surface area (Å²) < 4.78 is 1.42. The van der Waals surface area contributed by atoms with E-state index >= 15 is 0 Å². The Morgan fingerprint density at radius 1 is 0.757 bits per heavy atom. The molecule has 0 aliphatic heterocycles. The molecule has 4 aromatic carbocycles. The molecule has 0 spiro atoms. The molecule has 0 bridgehead atoms. The Bertz CT molecular complexity index is 1220. The van der Waals surface area contributed by atoms with Gasteiger partial charge in [-0.05, 0) is 6.42 Å². The number of rotatable bonds is 4. The predicted octanol–water partition coefficient (Wildman–Crippen LogP) is 2.34. The fourth-order valence-corrected chi connectivity index (χ4v) is 5.10. The third kappa shape index (κ3) is 8.89. The summed E-state index contributed by atoms with van der Waals surface area (Å²) in [5, 5.41) is 0. The Balaban J connectivity index is 0.000000197. The van der Waals surface area contributed by atoms with E-state index < -0.39 is 0 Å². The van der Waals surface area contributed by atoms with Crippen molar-refractivity contribution in [2.45, 2.75) is 32.6 Å². The van der Waals surface area contributed by atoms with Gasteiger partial charge in [0.05, 0.1) is 0 Å². The Labute approximate surface area is 249 Å². The zero-order valence-corrected chi connectivity index (χ0v) is 25.0. The molecule has 0 radical (unpaired) electrons. The number of hydrogen-bond acceptors (Lipinski definition) is 0. The Morgan fingerprint density at radius 3 is 1.95 bits per heavy atom. The van der Waals surface area contributed by atoms with Crippen molar-refractivity contribution in [2.24, 2.45) is 0 Å². The van der Waals surface area contributed by atoms with Crippen molar-refractivity contribution in [3.63, 3.8) is 0 Å². The Morgan fingerprint density at radius 2 is 1.35 bits per heavy atom. The van der Waals surface area contributed by atoms with Crippen LogP contribution in [0, 0.1) is 12.1 Å². The molecule has 0 amide bonds. The van der Waals surface area contributed by atoms with E-state index in [-0.39, 0.29) is 24.8 Å². The minimum absolute atomic E-state index is 0. The van der Waals surface area contributed by atoms with Gasteiger partial charge in [-0.2, -0.15) is 35.9 Å². The third-order valence-corrected chi connectivity index (χ3v) is 7.47. The van der Waals surface area contributed by atoms with E-state index in [2.05, 4.69) is 128 Å². The van der Waals surface area contributed by atoms with Gasteiger partial charge in [-0.1, -0.05) is 55.2 Å². The average molecular weight is 601 g/mol. The Hall–Kier alpha value is -2.31. The van der Waals surface area contributed by atoms with Crippen LogP contribution >= 0.6 is 0 Å². The van der Waals surface area contributed by atoms with Crippen LogP contribution < -0.4 is 24.8 Å². The zero-order chi connectivity index (χ0) is 24.3. The van der Waals surface area contributed by atoms with Crippen molar-refractivity contribution in [1.82, 2.24) is 0 Å². The van der Waals surface area contributed by atoms with Gasteiger partial charge in [0, 0.05) is 0 Å². The molecule has 37 heavy (non-hydrogen) atoms. The number of allylic oxidation sites excluding steroid dienone is 4. The van der Waals surface area contributed by atoms with Crippen molar-refractivity contribution in [3.05, 3.63) is 155 Å². The van der Waals surface area contributed by atoms with Gasteiger partial charge in [0.25, 0.3) is 0 Å². The minimum atomic E-state index is 0. The van der Waals surface area contributed by atoms with Crippen LogP contribution in [0.3, 0.4) is 0 Å². The third-order valence-electron chi connectivity index (χ3n) is 6.05. The number of fused-ring (bicyclic) bond motifs is 3.